The number of aryl methyl sites for hydroxylation is 3. The lowest BCUT2D eigenvalue weighted by molar-refractivity contribution is 0.102. The fraction of sp³-hybridized carbons (Fsp3) is 0.167. The highest BCUT2D eigenvalue weighted by atomic mass is 16.1. The molecule has 30 heavy (non-hydrogen) atoms. The third kappa shape index (κ3) is 3.98. The fourth-order valence-corrected chi connectivity index (χ4v) is 3.59. The Bertz CT molecular complexity index is 1290. The van der Waals surface area contributed by atoms with Gasteiger partial charge in [0.15, 0.2) is 0 Å². The molecule has 1 amide bonds. The molecule has 0 aliphatic heterocycles. The molecule has 4 rings (SSSR count). The summed E-state index contributed by atoms with van der Waals surface area (Å²) in [4.78, 5) is 34.5. The third-order valence-electron chi connectivity index (χ3n) is 4.95. The number of amides is 1. The molecule has 1 aromatic carbocycles. The average Bonchev–Trinajstić information content (AvgIpc) is 2.70. The molecule has 0 aliphatic rings. The number of nitrogens with zero attached hydrogens (tertiary/aromatic N) is 3. The van der Waals surface area contributed by atoms with Gasteiger partial charge in [-0.25, -0.2) is 0 Å². The zero-order valence-corrected chi connectivity index (χ0v) is 17.1. The van der Waals surface area contributed by atoms with E-state index in [1.807, 2.05) is 44.2 Å². The van der Waals surface area contributed by atoms with Crippen LogP contribution in [0.3, 0.4) is 0 Å². The third-order valence-corrected chi connectivity index (χ3v) is 4.95. The van der Waals surface area contributed by atoms with E-state index >= 15 is 0 Å². The van der Waals surface area contributed by atoms with E-state index in [1.165, 1.54) is 0 Å². The highest BCUT2D eigenvalue weighted by Crippen LogP contribution is 2.18. The molecule has 1 N–H and O–H groups in total. The number of rotatable bonds is 4. The van der Waals surface area contributed by atoms with E-state index < -0.39 is 0 Å². The monoisotopic (exact) mass is 398 g/mol. The number of hydrogen-bond donors (Lipinski definition) is 1. The van der Waals surface area contributed by atoms with Gasteiger partial charge in [0.2, 0.25) is 0 Å². The van der Waals surface area contributed by atoms with E-state index in [1.54, 1.807) is 42.2 Å². The first-order chi connectivity index (χ1) is 14.4. The Kier molecular flexibility index (Phi) is 5.14. The van der Waals surface area contributed by atoms with Gasteiger partial charge in [0.25, 0.3) is 11.5 Å². The number of benzene rings is 1. The van der Waals surface area contributed by atoms with Crippen molar-refractivity contribution in [3.05, 3.63) is 99.4 Å². The molecule has 3 heterocycles. The number of carbonyl (C=O) groups excluding carboxylic acids is 1. The molecule has 0 saturated heterocycles. The van der Waals surface area contributed by atoms with Crippen LogP contribution in [0.2, 0.25) is 0 Å². The van der Waals surface area contributed by atoms with Crippen LogP contribution in [-0.2, 0) is 6.54 Å². The second kappa shape index (κ2) is 7.91. The number of nitrogens with one attached hydrogen (secondary N) is 1. The summed E-state index contributed by atoms with van der Waals surface area (Å²) < 4.78 is 1.60. The molecule has 0 fully saturated rings. The van der Waals surface area contributed by atoms with Crippen LogP contribution in [0.15, 0.2) is 65.8 Å². The van der Waals surface area contributed by atoms with Gasteiger partial charge in [-0.3, -0.25) is 19.6 Å². The second-order valence-corrected chi connectivity index (χ2v) is 7.49. The van der Waals surface area contributed by atoms with E-state index in [0.29, 0.717) is 28.7 Å². The molecule has 150 valence electrons. The summed E-state index contributed by atoms with van der Waals surface area (Å²) in [7, 11) is 0. The number of hydrogen-bond acceptors (Lipinski definition) is 4. The lowest BCUT2D eigenvalue weighted by Crippen LogP contribution is -2.22. The van der Waals surface area contributed by atoms with E-state index in [0.717, 1.165) is 22.4 Å². The molecule has 0 bridgehead atoms. The lowest BCUT2D eigenvalue weighted by atomic mass is 10.1. The Hall–Kier alpha value is -3.80. The second-order valence-electron chi connectivity index (χ2n) is 7.49. The minimum Gasteiger partial charge on any atom is -0.322 e. The van der Waals surface area contributed by atoms with Crippen LogP contribution in [0, 0.1) is 20.8 Å². The van der Waals surface area contributed by atoms with Gasteiger partial charge in [-0.15, -0.1) is 0 Å². The zero-order chi connectivity index (χ0) is 21.3. The molecule has 3 aromatic heterocycles. The molecule has 0 saturated carbocycles. The first kappa shape index (κ1) is 19.5. The molecule has 0 spiro atoms. The Labute approximate surface area is 174 Å². The number of fused-ring (bicyclic) bond motifs is 1. The van der Waals surface area contributed by atoms with E-state index in [9.17, 15) is 9.59 Å². The average molecular weight is 398 g/mol. The smallest absolute Gasteiger partial charge is 0.260 e. The Morgan fingerprint density at radius 2 is 1.83 bits per heavy atom. The predicted octanol–water partition coefficient (Wildman–Crippen LogP) is 4.02. The molecule has 6 heteroatoms. The van der Waals surface area contributed by atoms with Crippen molar-refractivity contribution in [3.63, 3.8) is 0 Å². The van der Waals surface area contributed by atoms with Crippen LogP contribution in [0.5, 0.6) is 0 Å². The van der Waals surface area contributed by atoms with Crippen molar-refractivity contribution in [3.8, 4) is 0 Å². The van der Waals surface area contributed by atoms with Crippen molar-refractivity contribution in [2.24, 2.45) is 0 Å². The van der Waals surface area contributed by atoms with Crippen LogP contribution < -0.4 is 10.9 Å². The molecule has 0 radical (unpaired) electrons. The highest BCUT2D eigenvalue weighted by Gasteiger charge is 2.15. The lowest BCUT2D eigenvalue weighted by Gasteiger charge is -2.11. The summed E-state index contributed by atoms with van der Waals surface area (Å²) in [5, 5.41) is 3.34. The summed E-state index contributed by atoms with van der Waals surface area (Å²) in [6.45, 7) is 6.14. The fourth-order valence-electron chi connectivity index (χ4n) is 3.59. The van der Waals surface area contributed by atoms with Crippen molar-refractivity contribution < 1.29 is 4.79 Å². The van der Waals surface area contributed by atoms with E-state index in [2.05, 4.69) is 15.3 Å². The van der Waals surface area contributed by atoms with Crippen molar-refractivity contribution >= 4 is 22.5 Å². The number of aromatic nitrogens is 3. The van der Waals surface area contributed by atoms with Gasteiger partial charge >= 0.3 is 0 Å². The van der Waals surface area contributed by atoms with Crippen molar-refractivity contribution in [2.75, 3.05) is 5.32 Å². The Balaban J connectivity index is 1.71. The van der Waals surface area contributed by atoms with Gasteiger partial charge in [-0.05, 0) is 67.8 Å². The number of anilines is 1. The van der Waals surface area contributed by atoms with Crippen LogP contribution in [0.1, 0.15) is 32.7 Å². The predicted molar refractivity (Wildman–Crippen MR) is 118 cm³/mol. The largest absolute Gasteiger partial charge is 0.322 e. The first-order valence-corrected chi connectivity index (χ1v) is 9.70. The van der Waals surface area contributed by atoms with Crippen molar-refractivity contribution in [1.82, 2.24) is 14.5 Å². The van der Waals surface area contributed by atoms with Crippen molar-refractivity contribution in [2.45, 2.75) is 27.3 Å². The van der Waals surface area contributed by atoms with Crippen LogP contribution in [0.4, 0.5) is 5.69 Å². The van der Waals surface area contributed by atoms with Gasteiger partial charge in [0.1, 0.15) is 0 Å². The minimum atomic E-state index is -0.283. The molecule has 0 unspecified atom stereocenters. The Morgan fingerprint density at radius 1 is 1.07 bits per heavy atom. The van der Waals surface area contributed by atoms with Gasteiger partial charge in [-0.1, -0.05) is 12.1 Å². The molecule has 6 nitrogen and oxygen atoms in total. The van der Waals surface area contributed by atoms with Crippen molar-refractivity contribution in [1.29, 1.82) is 0 Å². The molecule has 0 atom stereocenters. The maximum atomic E-state index is 13.0. The van der Waals surface area contributed by atoms with Gasteiger partial charge in [0.05, 0.1) is 28.7 Å². The topological polar surface area (TPSA) is 76.9 Å². The Morgan fingerprint density at radius 3 is 2.53 bits per heavy atom. The quantitative estimate of drug-likeness (QED) is 0.563. The standard InChI is InChI=1S/C24H22N4O2/c1-15-9-16(2)11-19(10-15)27-23(29)20-12-21-22(26-17(20)3)6-8-28(24(21)30)14-18-5-4-7-25-13-18/h4-13H,14H2,1-3H3,(H,27,29). The number of pyridine rings is 3. The van der Waals surface area contributed by atoms with E-state index in [-0.39, 0.29) is 11.5 Å². The molecular weight excluding hydrogens is 376 g/mol. The molecule has 4 aromatic rings. The summed E-state index contributed by atoms with van der Waals surface area (Å²) in [6.07, 6.45) is 5.14. The van der Waals surface area contributed by atoms with Gasteiger partial charge in [-0.2, -0.15) is 0 Å². The van der Waals surface area contributed by atoms with Gasteiger partial charge in [0, 0.05) is 24.3 Å². The van der Waals surface area contributed by atoms with Gasteiger partial charge < -0.3 is 9.88 Å². The molecular formula is C24H22N4O2. The zero-order valence-electron chi connectivity index (χ0n) is 17.1. The summed E-state index contributed by atoms with van der Waals surface area (Å²) in [5.74, 6) is -0.283. The summed E-state index contributed by atoms with van der Waals surface area (Å²) >= 11 is 0. The highest BCUT2D eigenvalue weighted by molar-refractivity contribution is 6.06. The minimum absolute atomic E-state index is 0.190. The number of carbonyl (C=O) groups is 1. The van der Waals surface area contributed by atoms with E-state index in [4.69, 9.17) is 0 Å². The van der Waals surface area contributed by atoms with Crippen LogP contribution in [0.25, 0.3) is 10.9 Å². The summed E-state index contributed by atoms with van der Waals surface area (Å²) in [6, 6.07) is 13.1. The normalized spacial score (nSPS) is 10.9. The maximum absolute atomic E-state index is 13.0. The summed E-state index contributed by atoms with van der Waals surface area (Å²) in [5.41, 5.74) is 5.12. The maximum Gasteiger partial charge on any atom is 0.260 e. The van der Waals surface area contributed by atoms with Crippen LogP contribution >= 0.6 is 0 Å². The van der Waals surface area contributed by atoms with Crippen LogP contribution in [-0.4, -0.2) is 20.4 Å². The first-order valence-electron chi connectivity index (χ1n) is 9.70. The SMILES string of the molecule is Cc1cc(C)cc(NC(=O)c2cc3c(=O)n(Cc4cccnc4)ccc3nc2C)c1. The molecule has 0 aliphatic carbocycles.